The van der Waals surface area contributed by atoms with Crippen LogP contribution < -0.4 is 16.2 Å². The van der Waals surface area contributed by atoms with Crippen molar-refractivity contribution in [2.75, 3.05) is 17.2 Å². The Bertz CT molecular complexity index is 1370. The summed E-state index contributed by atoms with van der Waals surface area (Å²) >= 11 is 2.54. The van der Waals surface area contributed by atoms with Crippen LogP contribution in [0.5, 0.6) is 0 Å². The van der Waals surface area contributed by atoms with Crippen LogP contribution in [0.15, 0.2) is 63.9 Å². The van der Waals surface area contributed by atoms with E-state index in [0.29, 0.717) is 27.1 Å². The van der Waals surface area contributed by atoms with Gasteiger partial charge in [0.2, 0.25) is 5.13 Å². The minimum Gasteiger partial charge on any atom is -0.462 e. The molecule has 0 aliphatic rings. The second-order valence-corrected chi connectivity index (χ2v) is 8.72. The van der Waals surface area contributed by atoms with Crippen LogP contribution in [-0.4, -0.2) is 38.2 Å². The summed E-state index contributed by atoms with van der Waals surface area (Å²) in [5.74, 6) is -0.0982. The number of nitrogens with zero attached hydrogens (tertiary/aromatic N) is 4. The zero-order valence-electron chi connectivity index (χ0n) is 17.3. The van der Waals surface area contributed by atoms with Crippen molar-refractivity contribution in [2.24, 2.45) is 0 Å². The van der Waals surface area contributed by atoms with Gasteiger partial charge in [0.25, 0.3) is 5.56 Å². The lowest BCUT2D eigenvalue weighted by Gasteiger charge is -2.10. The molecule has 3 heterocycles. The number of pyridine rings is 1. The average Bonchev–Trinajstić information content (AvgIpc) is 3.25. The molecule has 0 bridgehead atoms. The summed E-state index contributed by atoms with van der Waals surface area (Å²) in [5.41, 5.74) is 1.60. The number of amides is 2. The number of carbonyl (C=O) groups excluding carboxylic acids is 2. The average molecular weight is 483 g/mol. The number of nitrogens with one attached hydrogen (secondary N) is 2. The summed E-state index contributed by atoms with van der Waals surface area (Å²) in [5, 5.41) is 13.5. The molecule has 0 aliphatic heterocycles. The van der Waals surface area contributed by atoms with Crippen LogP contribution in [0.25, 0.3) is 5.65 Å². The third-order valence-electron chi connectivity index (χ3n) is 4.27. The normalized spacial score (nSPS) is 10.7. The molecule has 0 saturated heterocycles. The van der Waals surface area contributed by atoms with Crippen molar-refractivity contribution in [3.8, 4) is 0 Å². The first-order valence-corrected chi connectivity index (χ1v) is 11.6. The number of anilines is 2. The molecule has 1 aromatic carbocycles. The smallest absolute Gasteiger partial charge is 0.340 e. The Morgan fingerprint density at radius 3 is 2.79 bits per heavy atom. The van der Waals surface area contributed by atoms with Crippen LogP contribution in [0.2, 0.25) is 0 Å². The van der Waals surface area contributed by atoms with Crippen LogP contribution in [0, 0.1) is 0 Å². The molecule has 0 atom stereocenters. The number of benzene rings is 1. The van der Waals surface area contributed by atoms with Gasteiger partial charge in [-0.1, -0.05) is 41.3 Å². The fraction of sp³-hybridized carbons (Fsp3) is 0.143. The van der Waals surface area contributed by atoms with E-state index in [9.17, 15) is 14.4 Å². The maximum Gasteiger partial charge on any atom is 0.340 e. The third-order valence-corrected chi connectivity index (χ3v) is 6.27. The molecule has 3 aromatic heterocycles. The third kappa shape index (κ3) is 5.54. The van der Waals surface area contributed by atoms with Crippen molar-refractivity contribution in [2.45, 2.75) is 17.0 Å². The van der Waals surface area contributed by atoms with Crippen LogP contribution in [-0.2, 0) is 10.5 Å². The van der Waals surface area contributed by atoms with E-state index in [2.05, 4.69) is 25.8 Å². The Balaban J connectivity index is 1.37. The summed E-state index contributed by atoms with van der Waals surface area (Å²) in [6.07, 6.45) is 1.67. The first-order chi connectivity index (χ1) is 16.0. The van der Waals surface area contributed by atoms with Crippen LogP contribution in [0.4, 0.5) is 15.6 Å². The molecular formula is C21H18N6O4S2. The van der Waals surface area contributed by atoms with E-state index in [1.807, 2.05) is 6.07 Å². The van der Waals surface area contributed by atoms with Gasteiger partial charge in [0.15, 0.2) is 4.34 Å². The maximum atomic E-state index is 12.4. The predicted octanol–water partition coefficient (Wildman–Crippen LogP) is 3.66. The highest BCUT2D eigenvalue weighted by Gasteiger charge is 2.15. The Labute approximate surface area is 196 Å². The number of hydrogen-bond donors (Lipinski definition) is 2. The zero-order chi connectivity index (χ0) is 23.2. The van der Waals surface area contributed by atoms with Gasteiger partial charge in [0, 0.05) is 18.0 Å². The number of urea groups is 1. The van der Waals surface area contributed by atoms with Crippen molar-refractivity contribution in [3.05, 3.63) is 76.3 Å². The summed E-state index contributed by atoms with van der Waals surface area (Å²) in [6, 6.07) is 12.8. The number of hydrogen-bond acceptors (Lipinski definition) is 9. The van der Waals surface area contributed by atoms with Gasteiger partial charge >= 0.3 is 12.0 Å². The zero-order valence-corrected chi connectivity index (χ0v) is 19.0. The van der Waals surface area contributed by atoms with Crippen molar-refractivity contribution >= 4 is 51.6 Å². The maximum absolute atomic E-state index is 12.4. The Kier molecular flexibility index (Phi) is 6.95. The minimum absolute atomic E-state index is 0.157. The van der Waals surface area contributed by atoms with Gasteiger partial charge in [-0.25, -0.2) is 14.6 Å². The number of rotatable bonds is 7. The van der Waals surface area contributed by atoms with Crippen molar-refractivity contribution < 1.29 is 14.3 Å². The lowest BCUT2D eigenvalue weighted by Crippen LogP contribution is -2.21. The van der Waals surface area contributed by atoms with Crippen LogP contribution >= 0.6 is 23.1 Å². The molecule has 33 heavy (non-hydrogen) atoms. The number of para-hydroxylation sites is 1. The van der Waals surface area contributed by atoms with Gasteiger partial charge in [-0.15, -0.1) is 10.2 Å². The second-order valence-electron chi connectivity index (χ2n) is 6.52. The van der Waals surface area contributed by atoms with Crippen LogP contribution in [0.1, 0.15) is 23.0 Å². The largest absolute Gasteiger partial charge is 0.462 e. The molecule has 12 heteroatoms. The van der Waals surface area contributed by atoms with E-state index < -0.39 is 12.0 Å². The summed E-state index contributed by atoms with van der Waals surface area (Å²) < 4.78 is 7.08. The molecule has 2 N–H and O–H groups in total. The molecule has 0 spiro atoms. The Morgan fingerprint density at radius 2 is 1.94 bits per heavy atom. The summed E-state index contributed by atoms with van der Waals surface area (Å²) in [4.78, 5) is 41.1. The molecule has 4 rings (SSSR count). The highest BCUT2D eigenvalue weighted by atomic mass is 32.2. The highest BCUT2D eigenvalue weighted by Crippen LogP contribution is 2.28. The molecule has 0 fully saturated rings. The van der Waals surface area contributed by atoms with E-state index >= 15 is 0 Å². The van der Waals surface area contributed by atoms with Crippen molar-refractivity contribution in [3.63, 3.8) is 0 Å². The molecule has 0 unspecified atom stereocenters. The van der Waals surface area contributed by atoms with Gasteiger partial charge in [0.05, 0.1) is 23.6 Å². The molecule has 4 aromatic rings. The highest BCUT2D eigenvalue weighted by molar-refractivity contribution is 8.00. The fourth-order valence-electron chi connectivity index (χ4n) is 2.86. The van der Waals surface area contributed by atoms with Gasteiger partial charge in [-0.2, -0.15) is 0 Å². The van der Waals surface area contributed by atoms with Gasteiger partial charge in [-0.3, -0.25) is 14.5 Å². The van der Waals surface area contributed by atoms with Gasteiger partial charge < -0.3 is 10.1 Å². The molecule has 0 aliphatic carbocycles. The lowest BCUT2D eigenvalue weighted by atomic mass is 10.2. The number of ether oxygens (including phenoxy) is 1. The number of aromatic nitrogens is 4. The van der Waals surface area contributed by atoms with Gasteiger partial charge in [-0.05, 0) is 31.2 Å². The van der Waals surface area contributed by atoms with Crippen molar-refractivity contribution in [1.29, 1.82) is 0 Å². The molecule has 0 radical (unpaired) electrons. The topological polar surface area (TPSA) is 128 Å². The van der Waals surface area contributed by atoms with Crippen molar-refractivity contribution in [1.82, 2.24) is 19.6 Å². The van der Waals surface area contributed by atoms with E-state index in [1.165, 1.54) is 33.6 Å². The summed E-state index contributed by atoms with van der Waals surface area (Å²) in [7, 11) is 0. The standard InChI is InChI=1S/C21H18N6O4S2/c1-2-31-18(29)14-7-3-4-8-15(14)23-19(30)24-20-25-26-21(33-20)32-12-13-11-17(28)27-10-6-5-9-16(27)22-13/h3-11H,2,12H2,1H3,(H2,23,24,25,30). The van der Waals surface area contributed by atoms with Crippen LogP contribution in [0.3, 0.4) is 0 Å². The summed E-state index contributed by atoms with van der Waals surface area (Å²) in [6.45, 7) is 1.94. The quantitative estimate of drug-likeness (QED) is 0.232. The van der Waals surface area contributed by atoms with E-state index in [4.69, 9.17) is 4.74 Å². The molecule has 168 valence electrons. The monoisotopic (exact) mass is 482 g/mol. The Hall–Kier alpha value is -3.77. The van der Waals surface area contributed by atoms with E-state index in [0.717, 1.165) is 0 Å². The van der Waals surface area contributed by atoms with E-state index in [-0.39, 0.29) is 22.9 Å². The molecular weight excluding hydrogens is 464 g/mol. The number of thioether (sulfide) groups is 1. The SMILES string of the molecule is CCOC(=O)c1ccccc1NC(=O)Nc1nnc(SCc2cc(=O)n3ccccc3n2)s1. The number of carbonyl (C=O) groups is 2. The first-order valence-electron chi connectivity index (χ1n) is 9.81. The minimum atomic E-state index is -0.566. The molecule has 0 saturated carbocycles. The Morgan fingerprint density at radius 1 is 1.12 bits per heavy atom. The van der Waals surface area contributed by atoms with E-state index in [1.54, 1.807) is 49.5 Å². The van der Waals surface area contributed by atoms with Gasteiger partial charge in [0.1, 0.15) is 5.65 Å². The number of esters is 1. The fourth-order valence-corrected chi connectivity index (χ4v) is 4.50. The predicted molar refractivity (Wildman–Crippen MR) is 126 cm³/mol. The molecule has 10 nitrogen and oxygen atoms in total. The second kappa shape index (κ2) is 10.2. The molecule has 2 amide bonds. The lowest BCUT2D eigenvalue weighted by molar-refractivity contribution is 0.0527. The first kappa shape index (κ1) is 22.4. The number of fused-ring (bicyclic) bond motifs is 1.